The summed E-state index contributed by atoms with van der Waals surface area (Å²) in [6, 6.07) is 0. The van der Waals surface area contributed by atoms with E-state index in [1.165, 1.54) is 77.0 Å². The van der Waals surface area contributed by atoms with Crippen LogP contribution in [0.4, 0.5) is 0 Å². The SMILES string of the molecule is CCCCCCCCCCCCCCC(CC)C(=O)CCC. The lowest BCUT2D eigenvalue weighted by molar-refractivity contribution is -0.123. The summed E-state index contributed by atoms with van der Waals surface area (Å²) in [7, 11) is 0. The monoisotopic (exact) mass is 310 g/mol. The number of rotatable bonds is 17. The molecule has 0 N–H and O–H groups in total. The van der Waals surface area contributed by atoms with Crippen LogP contribution in [0.15, 0.2) is 0 Å². The van der Waals surface area contributed by atoms with Gasteiger partial charge in [0.05, 0.1) is 0 Å². The van der Waals surface area contributed by atoms with Gasteiger partial charge in [0.25, 0.3) is 0 Å². The van der Waals surface area contributed by atoms with Crippen LogP contribution in [-0.4, -0.2) is 5.78 Å². The van der Waals surface area contributed by atoms with Crippen molar-refractivity contribution in [2.45, 2.75) is 124 Å². The fourth-order valence-corrected chi connectivity index (χ4v) is 3.28. The third kappa shape index (κ3) is 13.3. The van der Waals surface area contributed by atoms with Gasteiger partial charge in [-0.15, -0.1) is 0 Å². The molecule has 0 aromatic rings. The van der Waals surface area contributed by atoms with Crippen molar-refractivity contribution in [1.29, 1.82) is 0 Å². The topological polar surface area (TPSA) is 17.1 Å². The molecule has 0 saturated carbocycles. The Kier molecular flexibility index (Phi) is 16.8. The Morgan fingerprint density at radius 3 is 1.50 bits per heavy atom. The maximum absolute atomic E-state index is 11.9. The van der Waals surface area contributed by atoms with Gasteiger partial charge in [0, 0.05) is 12.3 Å². The van der Waals surface area contributed by atoms with Crippen LogP contribution < -0.4 is 0 Å². The van der Waals surface area contributed by atoms with Crippen molar-refractivity contribution in [3.63, 3.8) is 0 Å². The lowest BCUT2D eigenvalue weighted by atomic mass is 9.92. The van der Waals surface area contributed by atoms with E-state index in [-0.39, 0.29) is 0 Å². The number of ketones is 1. The van der Waals surface area contributed by atoms with Gasteiger partial charge >= 0.3 is 0 Å². The molecule has 1 heteroatoms. The Labute approximate surface area is 140 Å². The first-order valence-corrected chi connectivity index (χ1v) is 10.3. The van der Waals surface area contributed by atoms with E-state index in [0.29, 0.717) is 11.7 Å². The van der Waals surface area contributed by atoms with Crippen molar-refractivity contribution in [2.75, 3.05) is 0 Å². The predicted octanol–water partition coefficient (Wildman–Crippen LogP) is 7.47. The van der Waals surface area contributed by atoms with Crippen LogP contribution in [0.25, 0.3) is 0 Å². The summed E-state index contributed by atoms with van der Waals surface area (Å²) in [5.41, 5.74) is 0. The van der Waals surface area contributed by atoms with Crippen LogP contribution in [-0.2, 0) is 4.79 Å². The van der Waals surface area contributed by atoms with Crippen LogP contribution >= 0.6 is 0 Å². The first-order chi connectivity index (χ1) is 10.8. The van der Waals surface area contributed by atoms with Crippen LogP contribution in [0.5, 0.6) is 0 Å². The Morgan fingerprint density at radius 2 is 1.09 bits per heavy atom. The molecule has 1 atom stereocenters. The smallest absolute Gasteiger partial charge is 0.135 e. The summed E-state index contributed by atoms with van der Waals surface area (Å²) in [5.74, 6) is 0.858. The van der Waals surface area contributed by atoms with E-state index < -0.39 is 0 Å². The molecule has 0 heterocycles. The zero-order valence-electron chi connectivity index (χ0n) is 15.8. The van der Waals surface area contributed by atoms with Gasteiger partial charge in [-0.25, -0.2) is 0 Å². The van der Waals surface area contributed by atoms with Gasteiger partial charge in [0.15, 0.2) is 0 Å². The highest BCUT2D eigenvalue weighted by Crippen LogP contribution is 2.18. The molecule has 1 unspecified atom stereocenters. The van der Waals surface area contributed by atoms with Gasteiger partial charge in [-0.3, -0.25) is 4.79 Å². The van der Waals surface area contributed by atoms with E-state index in [2.05, 4.69) is 20.8 Å². The normalized spacial score (nSPS) is 12.5. The van der Waals surface area contributed by atoms with E-state index in [4.69, 9.17) is 0 Å². The minimum atomic E-state index is 0.350. The van der Waals surface area contributed by atoms with Gasteiger partial charge in [-0.1, -0.05) is 97.8 Å². The fraction of sp³-hybridized carbons (Fsp3) is 0.952. The third-order valence-electron chi connectivity index (χ3n) is 4.85. The first kappa shape index (κ1) is 21.7. The molecule has 1 nitrogen and oxygen atoms in total. The van der Waals surface area contributed by atoms with Crippen LogP contribution in [0.3, 0.4) is 0 Å². The van der Waals surface area contributed by atoms with E-state index in [0.717, 1.165) is 25.7 Å². The quantitative estimate of drug-likeness (QED) is 0.255. The number of unbranched alkanes of at least 4 members (excludes halogenated alkanes) is 11. The highest BCUT2D eigenvalue weighted by Gasteiger charge is 2.14. The van der Waals surface area contributed by atoms with E-state index in [1.54, 1.807) is 0 Å². The fourth-order valence-electron chi connectivity index (χ4n) is 3.28. The summed E-state index contributed by atoms with van der Waals surface area (Å²) in [6.07, 6.45) is 20.7. The van der Waals surface area contributed by atoms with Crippen LogP contribution in [0.1, 0.15) is 124 Å². The molecule has 0 aromatic heterocycles. The van der Waals surface area contributed by atoms with Gasteiger partial charge in [-0.05, 0) is 19.3 Å². The van der Waals surface area contributed by atoms with Crippen molar-refractivity contribution in [1.82, 2.24) is 0 Å². The molecule has 0 rings (SSSR count). The summed E-state index contributed by atoms with van der Waals surface area (Å²) >= 11 is 0. The molecule has 22 heavy (non-hydrogen) atoms. The van der Waals surface area contributed by atoms with Crippen molar-refractivity contribution < 1.29 is 4.79 Å². The molecule has 0 bridgehead atoms. The van der Waals surface area contributed by atoms with E-state index >= 15 is 0 Å². The predicted molar refractivity (Wildman–Crippen MR) is 99.4 cm³/mol. The molecular formula is C21H42O. The second-order valence-corrected chi connectivity index (χ2v) is 7.00. The summed E-state index contributed by atoms with van der Waals surface area (Å²) < 4.78 is 0. The highest BCUT2D eigenvalue weighted by atomic mass is 16.1. The molecule has 0 spiro atoms. The van der Waals surface area contributed by atoms with Crippen molar-refractivity contribution in [3.8, 4) is 0 Å². The molecule has 132 valence electrons. The number of carbonyl (C=O) groups excluding carboxylic acids is 1. The number of carbonyl (C=O) groups is 1. The average Bonchev–Trinajstić information content (AvgIpc) is 2.52. The Hall–Kier alpha value is -0.330. The number of hydrogen-bond donors (Lipinski definition) is 0. The summed E-state index contributed by atoms with van der Waals surface area (Å²) in [4.78, 5) is 11.9. The zero-order valence-corrected chi connectivity index (χ0v) is 15.8. The molecular weight excluding hydrogens is 268 g/mol. The minimum absolute atomic E-state index is 0.350. The van der Waals surface area contributed by atoms with Gasteiger partial charge in [-0.2, -0.15) is 0 Å². The molecule has 0 aromatic carbocycles. The van der Waals surface area contributed by atoms with E-state index in [1.807, 2.05) is 0 Å². The maximum atomic E-state index is 11.9. The maximum Gasteiger partial charge on any atom is 0.135 e. The van der Waals surface area contributed by atoms with Crippen LogP contribution in [0.2, 0.25) is 0 Å². The molecule has 0 amide bonds. The van der Waals surface area contributed by atoms with Crippen molar-refractivity contribution in [2.24, 2.45) is 5.92 Å². The largest absolute Gasteiger partial charge is 0.299 e. The number of Topliss-reactive ketones (excluding diaryl/α,β-unsaturated/α-hetero) is 1. The van der Waals surface area contributed by atoms with Crippen molar-refractivity contribution >= 4 is 5.78 Å². The summed E-state index contributed by atoms with van der Waals surface area (Å²) in [6.45, 7) is 6.55. The van der Waals surface area contributed by atoms with E-state index in [9.17, 15) is 4.79 Å². The molecule has 0 aliphatic rings. The average molecular weight is 311 g/mol. The molecule has 0 radical (unpaired) electrons. The highest BCUT2D eigenvalue weighted by molar-refractivity contribution is 5.80. The number of hydrogen-bond acceptors (Lipinski definition) is 1. The molecule has 0 aliphatic carbocycles. The standard InChI is InChI=1S/C21H42O/c1-4-7-8-9-10-11-12-13-14-15-16-17-19-20(6-3)21(22)18-5-2/h20H,4-19H2,1-3H3. The minimum Gasteiger partial charge on any atom is -0.299 e. The Morgan fingerprint density at radius 1 is 0.636 bits per heavy atom. The Bertz CT molecular complexity index is 234. The van der Waals surface area contributed by atoms with Gasteiger partial charge < -0.3 is 0 Å². The summed E-state index contributed by atoms with van der Waals surface area (Å²) in [5, 5.41) is 0. The lowest BCUT2D eigenvalue weighted by Crippen LogP contribution is -2.13. The van der Waals surface area contributed by atoms with Gasteiger partial charge in [0.2, 0.25) is 0 Å². The van der Waals surface area contributed by atoms with Crippen LogP contribution in [0, 0.1) is 5.92 Å². The Balaban J connectivity index is 3.30. The zero-order chi connectivity index (χ0) is 16.5. The first-order valence-electron chi connectivity index (χ1n) is 10.3. The molecule has 0 fully saturated rings. The van der Waals surface area contributed by atoms with Gasteiger partial charge in [0.1, 0.15) is 5.78 Å². The van der Waals surface area contributed by atoms with Crippen molar-refractivity contribution in [3.05, 3.63) is 0 Å². The molecule has 0 saturated heterocycles. The molecule has 0 aliphatic heterocycles. The lowest BCUT2D eigenvalue weighted by Gasteiger charge is -2.12. The second kappa shape index (κ2) is 17.0. The third-order valence-corrected chi connectivity index (χ3v) is 4.85. The second-order valence-electron chi connectivity index (χ2n) is 7.00.